The lowest BCUT2D eigenvalue weighted by atomic mass is 9.81. The first-order valence-electron chi connectivity index (χ1n) is 8.37. The molecular weight excluding hydrogens is 236 g/mol. The van der Waals surface area contributed by atoms with Crippen molar-refractivity contribution >= 4 is 0 Å². The highest BCUT2D eigenvalue weighted by atomic mass is 16.5. The summed E-state index contributed by atoms with van der Waals surface area (Å²) in [6.07, 6.45) is 7.54. The van der Waals surface area contributed by atoms with Crippen LogP contribution in [0.4, 0.5) is 0 Å². The van der Waals surface area contributed by atoms with Crippen LogP contribution in [0.5, 0.6) is 0 Å². The van der Waals surface area contributed by atoms with Crippen LogP contribution < -0.4 is 5.32 Å². The van der Waals surface area contributed by atoms with Crippen molar-refractivity contribution in [3.05, 3.63) is 0 Å². The Bertz CT molecular complexity index is 295. The molecule has 0 aliphatic carbocycles. The van der Waals surface area contributed by atoms with Crippen molar-refractivity contribution in [2.24, 2.45) is 5.92 Å². The molecule has 4 aliphatic heterocycles. The third kappa shape index (κ3) is 2.84. The Kier molecular flexibility index (Phi) is 4.16. The zero-order valence-corrected chi connectivity index (χ0v) is 12.7. The van der Waals surface area contributed by atoms with Gasteiger partial charge in [0, 0.05) is 25.2 Å². The Hall–Kier alpha value is -0.120. The standard InChI is InChI=1S/C16H30N2O/c1-3-16(4-2)11-14(7-10-19-16)17-15-12-18-8-5-13(15)6-9-18/h13-15,17H,3-12H2,1-2H3. The van der Waals surface area contributed by atoms with E-state index in [-0.39, 0.29) is 5.60 Å². The Labute approximate surface area is 118 Å². The van der Waals surface area contributed by atoms with Crippen molar-refractivity contribution in [2.45, 2.75) is 70.1 Å². The molecule has 19 heavy (non-hydrogen) atoms. The van der Waals surface area contributed by atoms with E-state index >= 15 is 0 Å². The second kappa shape index (κ2) is 5.71. The van der Waals surface area contributed by atoms with Crippen LogP contribution >= 0.6 is 0 Å². The van der Waals surface area contributed by atoms with Gasteiger partial charge >= 0.3 is 0 Å². The third-order valence-electron chi connectivity index (χ3n) is 5.89. The minimum Gasteiger partial charge on any atom is -0.375 e. The fraction of sp³-hybridized carbons (Fsp3) is 1.00. The van der Waals surface area contributed by atoms with E-state index in [1.807, 2.05) is 0 Å². The maximum atomic E-state index is 6.09. The zero-order valence-electron chi connectivity index (χ0n) is 12.7. The number of hydrogen-bond donors (Lipinski definition) is 1. The summed E-state index contributed by atoms with van der Waals surface area (Å²) in [6.45, 7) is 9.46. The van der Waals surface area contributed by atoms with Gasteiger partial charge in [0.15, 0.2) is 0 Å². The summed E-state index contributed by atoms with van der Waals surface area (Å²) >= 11 is 0. The van der Waals surface area contributed by atoms with Gasteiger partial charge in [-0.3, -0.25) is 0 Å². The summed E-state index contributed by atoms with van der Waals surface area (Å²) < 4.78 is 6.09. The molecule has 0 amide bonds. The highest BCUT2D eigenvalue weighted by Crippen LogP contribution is 2.33. The van der Waals surface area contributed by atoms with Gasteiger partial charge in [0.25, 0.3) is 0 Å². The molecule has 3 nitrogen and oxygen atoms in total. The SMILES string of the molecule is CCC1(CC)CC(NC2CN3CCC2CC3)CCO1. The van der Waals surface area contributed by atoms with E-state index in [9.17, 15) is 0 Å². The summed E-state index contributed by atoms with van der Waals surface area (Å²) in [7, 11) is 0. The van der Waals surface area contributed by atoms with E-state index in [1.54, 1.807) is 0 Å². The number of piperidine rings is 3. The summed E-state index contributed by atoms with van der Waals surface area (Å²) in [4.78, 5) is 2.64. The predicted octanol–water partition coefficient (Wildman–Crippen LogP) is 2.41. The Balaban J connectivity index is 1.57. The smallest absolute Gasteiger partial charge is 0.0692 e. The highest BCUT2D eigenvalue weighted by Gasteiger charge is 2.39. The molecule has 0 aromatic carbocycles. The van der Waals surface area contributed by atoms with Gasteiger partial charge in [-0.05, 0) is 57.5 Å². The zero-order chi connectivity index (χ0) is 13.3. The number of ether oxygens (including phenoxy) is 1. The van der Waals surface area contributed by atoms with Gasteiger partial charge in [0.2, 0.25) is 0 Å². The maximum absolute atomic E-state index is 6.09. The van der Waals surface area contributed by atoms with Crippen molar-refractivity contribution < 1.29 is 4.74 Å². The van der Waals surface area contributed by atoms with E-state index in [2.05, 4.69) is 24.1 Å². The van der Waals surface area contributed by atoms with Crippen LogP contribution in [-0.2, 0) is 4.74 Å². The molecule has 2 bridgehead atoms. The first-order valence-corrected chi connectivity index (χ1v) is 8.37. The van der Waals surface area contributed by atoms with E-state index in [0.717, 1.165) is 31.4 Å². The van der Waals surface area contributed by atoms with Gasteiger partial charge < -0.3 is 15.0 Å². The van der Waals surface area contributed by atoms with Crippen molar-refractivity contribution in [1.29, 1.82) is 0 Å². The average Bonchev–Trinajstić information content (AvgIpc) is 2.48. The molecule has 4 aliphatic rings. The fourth-order valence-electron chi connectivity index (χ4n) is 4.37. The quantitative estimate of drug-likeness (QED) is 0.845. The van der Waals surface area contributed by atoms with Crippen LogP contribution in [0.1, 0.15) is 52.4 Å². The number of nitrogens with zero attached hydrogens (tertiary/aromatic N) is 1. The largest absolute Gasteiger partial charge is 0.375 e. The minimum absolute atomic E-state index is 0.157. The molecule has 4 rings (SSSR count). The monoisotopic (exact) mass is 266 g/mol. The Morgan fingerprint density at radius 1 is 1.16 bits per heavy atom. The Morgan fingerprint density at radius 3 is 2.47 bits per heavy atom. The van der Waals surface area contributed by atoms with Crippen LogP contribution in [0.15, 0.2) is 0 Å². The van der Waals surface area contributed by atoms with Crippen LogP contribution in [0.3, 0.4) is 0 Å². The van der Waals surface area contributed by atoms with Crippen LogP contribution in [-0.4, -0.2) is 48.8 Å². The van der Waals surface area contributed by atoms with Gasteiger partial charge in [-0.15, -0.1) is 0 Å². The summed E-state index contributed by atoms with van der Waals surface area (Å²) in [5.41, 5.74) is 0.157. The lowest BCUT2D eigenvalue weighted by Gasteiger charge is -2.48. The Morgan fingerprint density at radius 2 is 1.89 bits per heavy atom. The third-order valence-corrected chi connectivity index (χ3v) is 5.89. The molecule has 110 valence electrons. The topological polar surface area (TPSA) is 24.5 Å². The molecule has 1 N–H and O–H groups in total. The molecule has 2 atom stereocenters. The van der Waals surface area contributed by atoms with E-state index < -0.39 is 0 Å². The van der Waals surface area contributed by atoms with Crippen molar-refractivity contribution in [2.75, 3.05) is 26.2 Å². The molecule has 2 unspecified atom stereocenters. The molecule has 0 aromatic heterocycles. The average molecular weight is 266 g/mol. The van der Waals surface area contributed by atoms with Crippen molar-refractivity contribution in [1.82, 2.24) is 10.2 Å². The second-order valence-electron chi connectivity index (χ2n) is 6.84. The van der Waals surface area contributed by atoms with E-state index in [0.29, 0.717) is 6.04 Å². The molecule has 0 spiro atoms. The molecule has 4 heterocycles. The molecule has 4 fully saturated rings. The second-order valence-corrected chi connectivity index (χ2v) is 6.84. The van der Waals surface area contributed by atoms with Crippen LogP contribution in [0.2, 0.25) is 0 Å². The van der Waals surface area contributed by atoms with Crippen LogP contribution in [0, 0.1) is 5.92 Å². The lowest BCUT2D eigenvalue weighted by molar-refractivity contribution is -0.0966. The lowest BCUT2D eigenvalue weighted by Crippen LogP contribution is -2.59. The summed E-state index contributed by atoms with van der Waals surface area (Å²) in [5.74, 6) is 0.936. The van der Waals surface area contributed by atoms with Gasteiger partial charge in [-0.25, -0.2) is 0 Å². The number of nitrogens with one attached hydrogen (secondary N) is 1. The molecular formula is C16H30N2O. The number of fused-ring (bicyclic) bond motifs is 3. The minimum atomic E-state index is 0.157. The molecule has 4 saturated heterocycles. The molecule has 0 radical (unpaired) electrons. The van der Waals surface area contributed by atoms with Crippen molar-refractivity contribution in [3.63, 3.8) is 0 Å². The normalized spacial score (nSPS) is 41.4. The van der Waals surface area contributed by atoms with E-state index in [4.69, 9.17) is 4.74 Å². The first-order chi connectivity index (χ1) is 9.24. The molecule has 0 saturated carbocycles. The fourth-order valence-corrected chi connectivity index (χ4v) is 4.37. The van der Waals surface area contributed by atoms with E-state index in [1.165, 1.54) is 45.3 Å². The van der Waals surface area contributed by atoms with Crippen molar-refractivity contribution in [3.8, 4) is 0 Å². The van der Waals surface area contributed by atoms with Gasteiger partial charge in [-0.2, -0.15) is 0 Å². The number of rotatable bonds is 4. The molecule has 3 heteroatoms. The maximum Gasteiger partial charge on any atom is 0.0692 e. The number of hydrogen-bond acceptors (Lipinski definition) is 3. The van der Waals surface area contributed by atoms with Gasteiger partial charge in [-0.1, -0.05) is 13.8 Å². The molecule has 0 aromatic rings. The van der Waals surface area contributed by atoms with Crippen LogP contribution in [0.25, 0.3) is 0 Å². The highest BCUT2D eigenvalue weighted by molar-refractivity contribution is 4.95. The van der Waals surface area contributed by atoms with Gasteiger partial charge in [0.05, 0.1) is 5.60 Å². The predicted molar refractivity (Wildman–Crippen MR) is 78.4 cm³/mol. The van der Waals surface area contributed by atoms with Gasteiger partial charge in [0.1, 0.15) is 0 Å². The summed E-state index contributed by atoms with van der Waals surface area (Å²) in [6, 6.07) is 1.43. The summed E-state index contributed by atoms with van der Waals surface area (Å²) in [5, 5.41) is 3.99. The first kappa shape index (κ1) is 13.8.